The van der Waals surface area contributed by atoms with Crippen LogP contribution >= 0.6 is 0 Å². The molecule has 1 aromatic carbocycles. The van der Waals surface area contributed by atoms with E-state index in [-0.39, 0.29) is 5.82 Å². The molecule has 0 atom stereocenters. The van der Waals surface area contributed by atoms with E-state index in [9.17, 15) is 22.8 Å². The largest absolute Gasteiger partial charge is 0.417 e. The van der Waals surface area contributed by atoms with E-state index in [0.717, 1.165) is 18.3 Å². The zero-order valence-electron chi connectivity index (χ0n) is 9.86. The number of nitrogens with zero attached hydrogens (tertiary/aromatic N) is 1. The van der Waals surface area contributed by atoms with Crippen LogP contribution in [0.3, 0.4) is 0 Å². The van der Waals surface area contributed by atoms with Gasteiger partial charge in [-0.25, -0.2) is 9.78 Å². The van der Waals surface area contributed by atoms with Crippen LogP contribution in [0.25, 0.3) is 0 Å². The quantitative estimate of drug-likeness (QED) is 0.885. The average molecular weight is 283 g/mol. The van der Waals surface area contributed by atoms with Gasteiger partial charge in [0.2, 0.25) is 0 Å². The minimum Gasteiger partial charge on any atom is -0.308 e. The van der Waals surface area contributed by atoms with Crippen LogP contribution < -0.4 is 11.0 Å². The number of benzene rings is 1. The van der Waals surface area contributed by atoms with E-state index in [0.29, 0.717) is 0 Å². The highest BCUT2D eigenvalue weighted by atomic mass is 19.4. The lowest BCUT2D eigenvalue weighted by atomic mass is 10.1. The molecule has 104 valence electrons. The van der Waals surface area contributed by atoms with E-state index in [1.54, 1.807) is 0 Å². The molecule has 0 saturated heterocycles. The number of hydrogen-bond donors (Lipinski definition) is 2. The lowest BCUT2D eigenvalue weighted by molar-refractivity contribution is -0.137. The van der Waals surface area contributed by atoms with E-state index in [1.807, 2.05) is 0 Å². The molecule has 0 aliphatic rings. The van der Waals surface area contributed by atoms with Crippen LogP contribution in [-0.4, -0.2) is 15.9 Å². The first kappa shape index (κ1) is 13.8. The van der Waals surface area contributed by atoms with Gasteiger partial charge in [0.05, 0.1) is 11.1 Å². The second-order valence-electron chi connectivity index (χ2n) is 3.79. The number of carbonyl (C=O) groups is 1. The summed E-state index contributed by atoms with van der Waals surface area (Å²) in [6.07, 6.45) is -3.51. The monoisotopic (exact) mass is 283 g/mol. The summed E-state index contributed by atoms with van der Waals surface area (Å²) in [5.74, 6) is -1.01. The van der Waals surface area contributed by atoms with Crippen LogP contribution in [-0.2, 0) is 6.18 Å². The van der Waals surface area contributed by atoms with Crippen molar-refractivity contribution in [3.63, 3.8) is 0 Å². The van der Waals surface area contributed by atoms with Crippen molar-refractivity contribution in [2.75, 3.05) is 5.32 Å². The van der Waals surface area contributed by atoms with Gasteiger partial charge >= 0.3 is 11.9 Å². The Hall–Kier alpha value is -2.64. The highest BCUT2D eigenvalue weighted by Gasteiger charge is 2.34. The molecule has 1 heterocycles. The summed E-state index contributed by atoms with van der Waals surface area (Å²) in [7, 11) is 0. The molecule has 0 radical (unpaired) electrons. The van der Waals surface area contributed by atoms with Crippen LogP contribution in [0.2, 0.25) is 0 Å². The Morgan fingerprint density at radius 3 is 2.55 bits per heavy atom. The minimum atomic E-state index is -4.64. The van der Waals surface area contributed by atoms with Gasteiger partial charge in [-0.3, -0.25) is 9.78 Å². The lowest BCUT2D eigenvalue weighted by Crippen LogP contribution is -2.21. The topological polar surface area (TPSA) is 74.8 Å². The highest BCUT2D eigenvalue weighted by Crippen LogP contribution is 2.31. The van der Waals surface area contributed by atoms with Gasteiger partial charge in [-0.05, 0) is 18.2 Å². The number of amides is 1. The van der Waals surface area contributed by atoms with Crippen molar-refractivity contribution in [3.8, 4) is 0 Å². The molecule has 8 heteroatoms. The molecule has 20 heavy (non-hydrogen) atoms. The first-order valence-electron chi connectivity index (χ1n) is 5.41. The summed E-state index contributed by atoms with van der Waals surface area (Å²) >= 11 is 0. The fourth-order valence-electron chi connectivity index (χ4n) is 1.56. The van der Waals surface area contributed by atoms with Gasteiger partial charge < -0.3 is 5.32 Å². The number of hydrogen-bond acceptors (Lipinski definition) is 3. The van der Waals surface area contributed by atoms with Crippen LogP contribution in [0, 0.1) is 0 Å². The molecule has 1 amide bonds. The second-order valence-corrected chi connectivity index (χ2v) is 3.79. The highest BCUT2D eigenvalue weighted by molar-refractivity contribution is 6.04. The standard InChI is InChI=1S/C12H8F3N3O2/c13-12(14,15)8-4-2-1-3-7(8)10(19)17-9-5-6-16-11(20)18-9/h1-6H,(H2,16,17,18,19,20). The number of halogens is 3. The van der Waals surface area contributed by atoms with Crippen molar-refractivity contribution < 1.29 is 18.0 Å². The predicted molar refractivity (Wildman–Crippen MR) is 64.3 cm³/mol. The molecule has 0 aliphatic carbocycles. The lowest BCUT2D eigenvalue weighted by Gasteiger charge is -2.12. The summed E-state index contributed by atoms with van der Waals surface area (Å²) in [5, 5.41) is 2.18. The van der Waals surface area contributed by atoms with Crippen LogP contribution in [0.5, 0.6) is 0 Å². The zero-order valence-corrected chi connectivity index (χ0v) is 9.86. The fraction of sp³-hybridized carbons (Fsp3) is 0.0833. The van der Waals surface area contributed by atoms with E-state index in [1.165, 1.54) is 18.2 Å². The molecular formula is C12H8F3N3O2. The molecule has 0 fully saturated rings. The predicted octanol–water partition coefficient (Wildman–Crippen LogP) is 2.04. The summed E-state index contributed by atoms with van der Waals surface area (Å²) in [6, 6.07) is 5.63. The Kier molecular flexibility index (Phi) is 3.55. The third-order valence-corrected chi connectivity index (χ3v) is 2.40. The molecule has 0 aliphatic heterocycles. The molecule has 0 unspecified atom stereocenters. The first-order chi connectivity index (χ1) is 9.38. The summed E-state index contributed by atoms with van der Waals surface area (Å²) < 4.78 is 38.3. The third-order valence-electron chi connectivity index (χ3n) is 2.40. The van der Waals surface area contributed by atoms with Gasteiger partial charge in [-0.15, -0.1) is 0 Å². The molecule has 0 saturated carbocycles. The van der Waals surface area contributed by atoms with E-state index < -0.39 is 28.9 Å². The molecule has 2 N–H and O–H groups in total. The van der Waals surface area contributed by atoms with Crippen LogP contribution in [0.4, 0.5) is 19.0 Å². The van der Waals surface area contributed by atoms with Crippen LogP contribution in [0.15, 0.2) is 41.3 Å². The van der Waals surface area contributed by atoms with E-state index >= 15 is 0 Å². The molecular weight excluding hydrogens is 275 g/mol. The maximum Gasteiger partial charge on any atom is 0.417 e. The van der Waals surface area contributed by atoms with Crippen molar-refractivity contribution in [2.24, 2.45) is 0 Å². The summed E-state index contributed by atoms with van der Waals surface area (Å²) in [6.45, 7) is 0. The Morgan fingerprint density at radius 1 is 1.20 bits per heavy atom. The number of alkyl halides is 3. The van der Waals surface area contributed by atoms with Gasteiger partial charge in [-0.1, -0.05) is 12.1 Å². The van der Waals surface area contributed by atoms with Crippen molar-refractivity contribution in [1.29, 1.82) is 0 Å². The molecule has 0 spiro atoms. The summed E-state index contributed by atoms with van der Waals surface area (Å²) in [5.41, 5.74) is -2.29. The summed E-state index contributed by atoms with van der Waals surface area (Å²) in [4.78, 5) is 28.3. The minimum absolute atomic E-state index is 0.0352. The van der Waals surface area contributed by atoms with Crippen molar-refractivity contribution in [1.82, 2.24) is 9.97 Å². The Labute approximate surface area is 110 Å². The molecule has 1 aromatic heterocycles. The van der Waals surface area contributed by atoms with Gasteiger partial charge in [0.1, 0.15) is 5.82 Å². The normalized spacial score (nSPS) is 11.2. The number of anilines is 1. The number of rotatable bonds is 2. The van der Waals surface area contributed by atoms with E-state index in [4.69, 9.17) is 0 Å². The molecule has 2 rings (SSSR count). The number of nitrogens with one attached hydrogen (secondary N) is 2. The first-order valence-corrected chi connectivity index (χ1v) is 5.41. The van der Waals surface area contributed by atoms with Crippen molar-refractivity contribution >= 4 is 11.7 Å². The van der Waals surface area contributed by atoms with Crippen molar-refractivity contribution in [2.45, 2.75) is 6.18 Å². The zero-order chi connectivity index (χ0) is 14.8. The Balaban J connectivity index is 2.33. The number of H-pyrrole nitrogens is 1. The second kappa shape index (κ2) is 5.16. The van der Waals surface area contributed by atoms with Gasteiger partial charge in [0.15, 0.2) is 0 Å². The molecule has 5 nitrogen and oxygen atoms in total. The number of aromatic amines is 1. The van der Waals surface area contributed by atoms with Crippen LogP contribution in [0.1, 0.15) is 15.9 Å². The smallest absolute Gasteiger partial charge is 0.308 e. The number of aromatic nitrogens is 2. The van der Waals surface area contributed by atoms with Gasteiger partial charge in [-0.2, -0.15) is 13.2 Å². The Bertz CT molecular complexity index is 695. The fourth-order valence-corrected chi connectivity index (χ4v) is 1.56. The number of carbonyl (C=O) groups excluding carboxylic acids is 1. The van der Waals surface area contributed by atoms with Crippen molar-refractivity contribution in [3.05, 3.63) is 58.1 Å². The maximum atomic E-state index is 12.8. The molecule has 2 aromatic rings. The molecule has 0 bridgehead atoms. The average Bonchev–Trinajstić information content (AvgIpc) is 2.37. The third kappa shape index (κ3) is 3.02. The Morgan fingerprint density at radius 2 is 1.90 bits per heavy atom. The maximum absolute atomic E-state index is 12.8. The SMILES string of the molecule is O=C(Nc1ccnc(=O)[nH]1)c1ccccc1C(F)(F)F. The van der Waals surface area contributed by atoms with Gasteiger partial charge in [0, 0.05) is 6.20 Å². The van der Waals surface area contributed by atoms with Gasteiger partial charge in [0.25, 0.3) is 5.91 Å². The van der Waals surface area contributed by atoms with E-state index in [2.05, 4.69) is 15.3 Å².